The average Bonchev–Trinajstić information content (AvgIpc) is 2.99. The number of methoxy groups -OCH3 is 2. The van der Waals surface area contributed by atoms with Crippen molar-refractivity contribution in [3.05, 3.63) is 40.1 Å². The molecule has 0 saturated carbocycles. The highest BCUT2D eigenvalue weighted by molar-refractivity contribution is 7.12. The molecule has 2 rings (SSSR count). The van der Waals surface area contributed by atoms with Gasteiger partial charge in [-0.15, -0.1) is 11.3 Å². The van der Waals surface area contributed by atoms with Gasteiger partial charge in [0.25, 0.3) is 5.91 Å². The number of amides is 1. The molecule has 0 aliphatic carbocycles. The second kappa shape index (κ2) is 7.64. The van der Waals surface area contributed by atoms with Gasteiger partial charge in [-0.05, 0) is 36.1 Å². The number of hydrogen-bond donors (Lipinski definition) is 1. The maximum Gasteiger partial charge on any atom is 0.349 e. The molecule has 122 valence electrons. The maximum absolute atomic E-state index is 11.9. The SMILES string of the molecule is COc1ccc(NC(=O)COC(=O)c2sccc2C)c(OC)c1. The molecular formula is C16H17NO5S. The van der Waals surface area contributed by atoms with Crippen molar-refractivity contribution in [3.8, 4) is 11.5 Å². The van der Waals surface area contributed by atoms with Crippen molar-refractivity contribution < 1.29 is 23.8 Å². The number of thiophene rings is 1. The van der Waals surface area contributed by atoms with E-state index in [0.717, 1.165) is 5.56 Å². The van der Waals surface area contributed by atoms with E-state index in [1.165, 1.54) is 18.4 Å². The fourth-order valence-corrected chi connectivity index (χ4v) is 2.68. The van der Waals surface area contributed by atoms with E-state index in [0.29, 0.717) is 22.1 Å². The summed E-state index contributed by atoms with van der Waals surface area (Å²) in [5.41, 5.74) is 1.30. The molecule has 6 nitrogen and oxygen atoms in total. The summed E-state index contributed by atoms with van der Waals surface area (Å²) in [6, 6.07) is 6.82. The van der Waals surface area contributed by atoms with Gasteiger partial charge in [-0.25, -0.2) is 4.79 Å². The van der Waals surface area contributed by atoms with Gasteiger partial charge in [0, 0.05) is 6.07 Å². The maximum atomic E-state index is 11.9. The quantitative estimate of drug-likeness (QED) is 0.822. The summed E-state index contributed by atoms with van der Waals surface area (Å²) < 4.78 is 15.3. The van der Waals surface area contributed by atoms with Crippen molar-refractivity contribution in [1.82, 2.24) is 0 Å². The lowest BCUT2D eigenvalue weighted by atomic mass is 10.2. The molecule has 0 spiro atoms. The van der Waals surface area contributed by atoms with Crippen LogP contribution in [0.2, 0.25) is 0 Å². The van der Waals surface area contributed by atoms with Crippen LogP contribution in [0, 0.1) is 6.92 Å². The number of carbonyl (C=O) groups is 2. The first-order valence-electron chi connectivity index (χ1n) is 6.78. The molecule has 1 N–H and O–H groups in total. The van der Waals surface area contributed by atoms with Gasteiger partial charge < -0.3 is 19.5 Å². The van der Waals surface area contributed by atoms with Crippen LogP contribution in [0.25, 0.3) is 0 Å². The number of carbonyl (C=O) groups excluding carboxylic acids is 2. The van der Waals surface area contributed by atoms with E-state index in [1.54, 1.807) is 30.7 Å². The first kappa shape index (κ1) is 16.8. The number of nitrogens with one attached hydrogen (secondary N) is 1. The Balaban J connectivity index is 1.95. The Morgan fingerprint density at radius 2 is 1.96 bits per heavy atom. The zero-order chi connectivity index (χ0) is 16.8. The van der Waals surface area contributed by atoms with Crippen LogP contribution in [-0.2, 0) is 9.53 Å². The molecule has 1 heterocycles. The Kier molecular flexibility index (Phi) is 5.59. The number of aryl methyl sites for hydroxylation is 1. The van der Waals surface area contributed by atoms with Gasteiger partial charge >= 0.3 is 5.97 Å². The van der Waals surface area contributed by atoms with Gasteiger partial charge in [-0.2, -0.15) is 0 Å². The van der Waals surface area contributed by atoms with E-state index >= 15 is 0 Å². The van der Waals surface area contributed by atoms with Crippen LogP contribution < -0.4 is 14.8 Å². The second-order valence-corrected chi connectivity index (χ2v) is 5.54. The fraction of sp³-hybridized carbons (Fsp3) is 0.250. The van der Waals surface area contributed by atoms with Crippen LogP contribution in [-0.4, -0.2) is 32.7 Å². The fourth-order valence-electron chi connectivity index (χ4n) is 1.87. The summed E-state index contributed by atoms with van der Waals surface area (Å²) in [7, 11) is 3.03. The summed E-state index contributed by atoms with van der Waals surface area (Å²) in [5, 5.41) is 4.43. The largest absolute Gasteiger partial charge is 0.497 e. The van der Waals surface area contributed by atoms with Gasteiger partial charge in [0.1, 0.15) is 16.4 Å². The minimum absolute atomic E-state index is 0.370. The molecule has 0 aliphatic rings. The molecule has 0 radical (unpaired) electrons. The summed E-state index contributed by atoms with van der Waals surface area (Å²) in [4.78, 5) is 24.3. The first-order valence-corrected chi connectivity index (χ1v) is 7.66. The first-order chi connectivity index (χ1) is 11.0. The van der Waals surface area contributed by atoms with Gasteiger partial charge in [-0.1, -0.05) is 0 Å². The molecule has 1 amide bonds. The molecule has 0 bridgehead atoms. The monoisotopic (exact) mass is 335 g/mol. The van der Waals surface area contributed by atoms with Crippen LogP contribution in [0.3, 0.4) is 0 Å². The molecule has 0 atom stereocenters. The van der Waals surface area contributed by atoms with Crippen molar-refractivity contribution in [2.45, 2.75) is 6.92 Å². The Bertz CT molecular complexity index is 710. The molecule has 2 aromatic rings. The van der Waals surface area contributed by atoms with E-state index in [9.17, 15) is 9.59 Å². The average molecular weight is 335 g/mol. The Hall–Kier alpha value is -2.54. The summed E-state index contributed by atoms with van der Waals surface area (Å²) in [6.45, 7) is 1.45. The van der Waals surface area contributed by atoms with E-state index in [4.69, 9.17) is 14.2 Å². The number of benzene rings is 1. The van der Waals surface area contributed by atoms with Crippen LogP contribution >= 0.6 is 11.3 Å². The van der Waals surface area contributed by atoms with Crippen LogP contribution in [0.1, 0.15) is 15.2 Å². The van der Waals surface area contributed by atoms with Gasteiger partial charge in [0.2, 0.25) is 0 Å². The highest BCUT2D eigenvalue weighted by Gasteiger charge is 2.15. The van der Waals surface area contributed by atoms with Gasteiger partial charge in [0.15, 0.2) is 6.61 Å². The van der Waals surface area contributed by atoms with Gasteiger partial charge in [0.05, 0.1) is 19.9 Å². The summed E-state index contributed by atoms with van der Waals surface area (Å²) in [6.07, 6.45) is 0. The number of esters is 1. The lowest BCUT2D eigenvalue weighted by Crippen LogP contribution is -2.21. The normalized spacial score (nSPS) is 10.0. The Morgan fingerprint density at radius 1 is 1.17 bits per heavy atom. The predicted molar refractivity (Wildman–Crippen MR) is 87.5 cm³/mol. The third-order valence-corrected chi connectivity index (χ3v) is 4.06. The number of anilines is 1. The minimum Gasteiger partial charge on any atom is -0.497 e. The highest BCUT2D eigenvalue weighted by atomic mass is 32.1. The van der Waals surface area contributed by atoms with Crippen LogP contribution in [0.5, 0.6) is 11.5 Å². The third kappa shape index (κ3) is 4.23. The second-order valence-electron chi connectivity index (χ2n) is 4.62. The summed E-state index contributed by atoms with van der Waals surface area (Å²) in [5.74, 6) is 0.114. The van der Waals surface area contributed by atoms with Crippen molar-refractivity contribution in [3.63, 3.8) is 0 Å². The Morgan fingerprint density at radius 3 is 2.57 bits per heavy atom. The topological polar surface area (TPSA) is 73.9 Å². The van der Waals surface area contributed by atoms with E-state index in [2.05, 4.69) is 5.32 Å². The number of ether oxygens (including phenoxy) is 3. The lowest BCUT2D eigenvalue weighted by molar-refractivity contribution is -0.119. The highest BCUT2D eigenvalue weighted by Crippen LogP contribution is 2.28. The van der Waals surface area contributed by atoms with E-state index in [-0.39, 0.29) is 6.61 Å². The van der Waals surface area contributed by atoms with Crippen molar-refractivity contribution >= 4 is 28.9 Å². The summed E-state index contributed by atoms with van der Waals surface area (Å²) >= 11 is 1.28. The molecule has 1 aromatic heterocycles. The zero-order valence-corrected chi connectivity index (χ0v) is 13.9. The zero-order valence-electron chi connectivity index (χ0n) is 13.0. The van der Waals surface area contributed by atoms with E-state index < -0.39 is 11.9 Å². The van der Waals surface area contributed by atoms with Crippen LogP contribution in [0.4, 0.5) is 5.69 Å². The Labute approximate surface area is 138 Å². The molecule has 0 unspecified atom stereocenters. The molecule has 1 aromatic carbocycles. The predicted octanol–water partition coefficient (Wildman–Crippen LogP) is 2.87. The molecular weight excluding hydrogens is 318 g/mol. The van der Waals surface area contributed by atoms with Crippen molar-refractivity contribution in [2.24, 2.45) is 0 Å². The van der Waals surface area contributed by atoms with Crippen molar-refractivity contribution in [2.75, 3.05) is 26.1 Å². The van der Waals surface area contributed by atoms with E-state index in [1.807, 2.05) is 13.0 Å². The van der Waals surface area contributed by atoms with Crippen molar-refractivity contribution in [1.29, 1.82) is 0 Å². The van der Waals surface area contributed by atoms with Gasteiger partial charge in [-0.3, -0.25) is 4.79 Å². The third-order valence-electron chi connectivity index (χ3n) is 3.06. The number of rotatable bonds is 6. The number of hydrogen-bond acceptors (Lipinski definition) is 6. The molecule has 0 saturated heterocycles. The molecule has 23 heavy (non-hydrogen) atoms. The standard InChI is InChI=1S/C16H17NO5S/c1-10-6-7-23-15(10)16(19)22-9-14(18)17-12-5-4-11(20-2)8-13(12)21-3/h4-8H,9H2,1-3H3,(H,17,18). The smallest absolute Gasteiger partial charge is 0.349 e. The van der Waals surface area contributed by atoms with Crippen LogP contribution in [0.15, 0.2) is 29.6 Å². The molecule has 7 heteroatoms. The minimum atomic E-state index is -0.505. The molecule has 0 aliphatic heterocycles. The molecule has 0 fully saturated rings. The lowest BCUT2D eigenvalue weighted by Gasteiger charge is -2.11.